The highest BCUT2D eigenvalue weighted by atomic mass is 16.5. The first kappa shape index (κ1) is 13.6. The van der Waals surface area contributed by atoms with Crippen molar-refractivity contribution in [1.29, 1.82) is 0 Å². The van der Waals surface area contributed by atoms with Crippen molar-refractivity contribution in [2.75, 3.05) is 6.61 Å². The minimum atomic E-state index is 0.115. The lowest BCUT2D eigenvalue weighted by Gasteiger charge is -2.10. The third kappa shape index (κ3) is 3.83. The summed E-state index contributed by atoms with van der Waals surface area (Å²) in [6.07, 6.45) is 5.69. The Balaban J connectivity index is 1.83. The molecule has 0 radical (unpaired) electrons. The van der Waals surface area contributed by atoms with Crippen LogP contribution in [-0.2, 0) is 13.5 Å². The Morgan fingerprint density at radius 2 is 2.05 bits per heavy atom. The number of nitrogens with zero attached hydrogens (tertiary/aromatic N) is 2. The van der Waals surface area contributed by atoms with Gasteiger partial charge in [0.25, 0.3) is 0 Å². The molecular weight excluding hydrogens is 238 g/mol. The van der Waals surface area contributed by atoms with Crippen LogP contribution in [-0.4, -0.2) is 16.4 Å². The van der Waals surface area contributed by atoms with Crippen LogP contribution in [0.3, 0.4) is 0 Å². The van der Waals surface area contributed by atoms with Gasteiger partial charge >= 0.3 is 0 Å². The first-order valence-electron chi connectivity index (χ1n) is 6.65. The summed E-state index contributed by atoms with van der Waals surface area (Å²) in [7, 11) is 1.92. The van der Waals surface area contributed by atoms with Crippen LogP contribution >= 0.6 is 0 Å². The highest BCUT2D eigenvalue weighted by Crippen LogP contribution is 2.18. The summed E-state index contributed by atoms with van der Waals surface area (Å²) in [4.78, 5) is 0. The van der Waals surface area contributed by atoms with E-state index in [1.807, 2.05) is 43.7 Å². The van der Waals surface area contributed by atoms with Crippen molar-refractivity contribution in [3.8, 4) is 5.75 Å². The third-order valence-electron chi connectivity index (χ3n) is 3.17. The first-order valence-corrected chi connectivity index (χ1v) is 6.65. The maximum atomic E-state index is 5.97. The average molecular weight is 259 g/mol. The summed E-state index contributed by atoms with van der Waals surface area (Å²) >= 11 is 0. The van der Waals surface area contributed by atoms with E-state index in [9.17, 15) is 0 Å². The zero-order chi connectivity index (χ0) is 13.7. The molecule has 19 heavy (non-hydrogen) atoms. The summed E-state index contributed by atoms with van der Waals surface area (Å²) in [6, 6.07) is 8.15. The molecule has 0 aliphatic heterocycles. The zero-order valence-electron chi connectivity index (χ0n) is 11.5. The Kier molecular flexibility index (Phi) is 4.58. The fourth-order valence-electron chi connectivity index (χ4n) is 1.93. The summed E-state index contributed by atoms with van der Waals surface area (Å²) in [6.45, 7) is 2.74. The van der Waals surface area contributed by atoms with E-state index in [0.29, 0.717) is 6.61 Å². The van der Waals surface area contributed by atoms with Crippen molar-refractivity contribution >= 4 is 0 Å². The fraction of sp³-hybridized carbons (Fsp3) is 0.400. The van der Waals surface area contributed by atoms with E-state index < -0.39 is 0 Å². The van der Waals surface area contributed by atoms with Gasteiger partial charge in [0.05, 0.1) is 12.8 Å². The van der Waals surface area contributed by atoms with Gasteiger partial charge in [-0.2, -0.15) is 5.10 Å². The molecule has 102 valence electrons. The van der Waals surface area contributed by atoms with E-state index in [2.05, 4.69) is 12.0 Å². The van der Waals surface area contributed by atoms with E-state index in [1.54, 1.807) is 4.68 Å². The van der Waals surface area contributed by atoms with Gasteiger partial charge in [-0.05, 0) is 29.7 Å². The topological polar surface area (TPSA) is 53.1 Å². The minimum absolute atomic E-state index is 0.115. The first-order chi connectivity index (χ1) is 9.19. The standard InChI is InChI=1S/C15H21N3O/c1-3-15(16)13-4-6-14(7-5-13)19-9-8-12-10-17-18(2)11-12/h4-7,10-11,15H,3,8-9,16H2,1-2H3. The quantitative estimate of drug-likeness (QED) is 0.867. The molecule has 4 heteroatoms. The number of aromatic nitrogens is 2. The second-order valence-electron chi connectivity index (χ2n) is 4.70. The van der Waals surface area contributed by atoms with Crippen molar-refractivity contribution in [2.45, 2.75) is 25.8 Å². The maximum Gasteiger partial charge on any atom is 0.119 e. The smallest absolute Gasteiger partial charge is 0.119 e. The van der Waals surface area contributed by atoms with E-state index in [1.165, 1.54) is 5.56 Å². The Hall–Kier alpha value is -1.81. The van der Waals surface area contributed by atoms with Gasteiger partial charge in [-0.15, -0.1) is 0 Å². The van der Waals surface area contributed by atoms with Gasteiger partial charge in [0, 0.05) is 25.7 Å². The lowest BCUT2D eigenvalue weighted by Crippen LogP contribution is -2.08. The highest BCUT2D eigenvalue weighted by Gasteiger charge is 2.03. The predicted octanol–water partition coefficient (Wildman–Crippen LogP) is 2.45. The molecule has 0 aliphatic rings. The molecule has 0 spiro atoms. The van der Waals surface area contributed by atoms with Crippen LogP contribution in [0.1, 0.15) is 30.5 Å². The molecule has 2 rings (SSSR count). The molecule has 0 bridgehead atoms. The molecular formula is C15H21N3O. The number of ether oxygens (including phenoxy) is 1. The number of nitrogens with two attached hydrogens (primary N) is 1. The van der Waals surface area contributed by atoms with Gasteiger partial charge in [0.1, 0.15) is 5.75 Å². The van der Waals surface area contributed by atoms with Crippen LogP contribution in [0.25, 0.3) is 0 Å². The Labute approximate surface area is 114 Å². The molecule has 1 aromatic carbocycles. The number of aryl methyl sites for hydroxylation is 1. The van der Waals surface area contributed by atoms with Crippen LogP contribution in [0.2, 0.25) is 0 Å². The van der Waals surface area contributed by atoms with Crippen molar-refractivity contribution in [2.24, 2.45) is 12.8 Å². The lowest BCUT2D eigenvalue weighted by atomic mass is 10.1. The number of hydrogen-bond acceptors (Lipinski definition) is 3. The third-order valence-corrected chi connectivity index (χ3v) is 3.17. The molecule has 1 heterocycles. The largest absolute Gasteiger partial charge is 0.493 e. The highest BCUT2D eigenvalue weighted by molar-refractivity contribution is 5.29. The van der Waals surface area contributed by atoms with Gasteiger partial charge in [-0.3, -0.25) is 4.68 Å². The van der Waals surface area contributed by atoms with Gasteiger partial charge in [0.15, 0.2) is 0 Å². The van der Waals surface area contributed by atoms with Gasteiger partial charge in [-0.25, -0.2) is 0 Å². The Morgan fingerprint density at radius 1 is 1.32 bits per heavy atom. The van der Waals surface area contributed by atoms with Gasteiger partial charge in [-0.1, -0.05) is 19.1 Å². The molecule has 1 unspecified atom stereocenters. The van der Waals surface area contributed by atoms with Crippen molar-refractivity contribution in [3.05, 3.63) is 47.8 Å². The molecule has 0 amide bonds. The number of rotatable bonds is 6. The Bertz CT molecular complexity index is 504. The predicted molar refractivity (Wildman–Crippen MR) is 76.1 cm³/mol. The number of benzene rings is 1. The summed E-state index contributed by atoms with van der Waals surface area (Å²) < 4.78 is 7.51. The van der Waals surface area contributed by atoms with E-state index in [0.717, 1.165) is 24.2 Å². The molecule has 4 nitrogen and oxygen atoms in total. The summed E-state index contributed by atoms with van der Waals surface area (Å²) in [5.74, 6) is 0.885. The summed E-state index contributed by atoms with van der Waals surface area (Å²) in [5, 5.41) is 4.13. The van der Waals surface area contributed by atoms with Crippen LogP contribution in [0.4, 0.5) is 0 Å². The molecule has 2 aromatic rings. The number of hydrogen-bond donors (Lipinski definition) is 1. The zero-order valence-corrected chi connectivity index (χ0v) is 11.5. The molecule has 0 fully saturated rings. The van der Waals surface area contributed by atoms with Crippen molar-refractivity contribution in [1.82, 2.24) is 9.78 Å². The van der Waals surface area contributed by atoms with E-state index >= 15 is 0 Å². The van der Waals surface area contributed by atoms with Crippen LogP contribution in [0.5, 0.6) is 5.75 Å². The van der Waals surface area contributed by atoms with Crippen LogP contribution < -0.4 is 10.5 Å². The summed E-state index contributed by atoms with van der Waals surface area (Å²) in [5.41, 5.74) is 8.31. The Morgan fingerprint density at radius 3 is 2.63 bits per heavy atom. The molecule has 0 saturated carbocycles. The van der Waals surface area contributed by atoms with E-state index in [-0.39, 0.29) is 6.04 Å². The van der Waals surface area contributed by atoms with Gasteiger partial charge < -0.3 is 10.5 Å². The van der Waals surface area contributed by atoms with Crippen LogP contribution in [0, 0.1) is 0 Å². The fourth-order valence-corrected chi connectivity index (χ4v) is 1.93. The second kappa shape index (κ2) is 6.38. The van der Waals surface area contributed by atoms with Gasteiger partial charge in [0.2, 0.25) is 0 Å². The second-order valence-corrected chi connectivity index (χ2v) is 4.70. The molecule has 0 aliphatic carbocycles. The van der Waals surface area contributed by atoms with Crippen LogP contribution in [0.15, 0.2) is 36.7 Å². The maximum absolute atomic E-state index is 5.97. The minimum Gasteiger partial charge on any atom is -0.493 e. The van der Waals surface area contributed by atoms with Crippen molar-refractivity contribution in [3.63, 3.8) is 0 Å². The molecule has 2 N–H and O–H groups in total. The molecule has 1 atom stereocenters. The van der Waals surface area contributed by atoms with Crippen molar-refractivity contribution < 1.29 is 4.74 Å². The SMILES string of the molecule is CCC(N)c1ccc(OCCc2cnn(C)c2)cc1. The molecule has 1 aromatic heterocycles. The normalized spacial score (nSPS) is 12.4. The average Bonchev–Trinajstić information content (AvgIpc) is 2.84. The van der Waals surface area contributed by atoms with E-state index in [4.69, 9.17) is 10.5 Å². The molecule has 0 saturated heterocycles. The monoisotopic (exact) mass is 259 g/mol. The lowest BCUT2D eigenvalue weighted by molar-refractivity contribution is 0.322.